The second-order valence-electron chi connectivity index (χ2n) is 5.85. The van der Waals surface area contributed by atoms with E-state index < -0.39 is 4.92 Å². The molecule has 0 saturated heterocycles. The molecule has 0 fully saturated rings. The predicted octanol–water partition coefficient (Wildman–Crippen LogP) is 2.98. The van der Waals surface area contributed by atoms with Gasteiger partial charge in [-0.1, -0.05) is 29.8 Å². The lowest BCUT2D eigenvalue weighted by Crippen LogP contribution is -2.30. The van der Waals surface area contributed by atoms with Gasteiger partial charge in [0, 0.05) is 6.54 Å². The molecule has 0 heterocycles. The number of methoxy groups -OCH3 is 1. The Balaban J connectivity index is 1.99. The smallest absolute Gasteiger partial charge is 0.296 e. The van der Waals surface area contributed by atoms with Crippen LogP contribution >= 0.6 is 0 Å². The SMILES string of the molecule is COc1ccc(NC(=O)CN(C)Cc2ccc(C)cc2)c([N+](=O)[O-])c1. The standard InChI is InChI=1S/C18H21N3O4/c1-13-4-6-14(7-5-13)11-20(2)12-18(22)19-16-9-8-15(25-3)10-17(16)21(23)24/h4-10H,11-12H2,1-3H3,(H,19,22). The number of nitro benzene ring substituents is 1. The van der Waals surface area contributed by atoms with Crippen LogP contribution in [0, 0.1) is 17.0 Å². The molecule has 0 spiro atoms. The molecule has 0 bridgehead atoms. The van der Waals surface area contributed by atoms with Gasteiger partial charge >= 0.3 is 0 Å². The van der Waals surface area contributed by atoms with Gasteiger partial charge in [0.15, 0.2) is 0 Å². The first kappa shape index (κ1) is 18.4. The van der Waals surface area contributed by atoms with E-state index in [-0.39, 0.29) is 23.8 Å². The fourth-order valence-corrected chi connectivity index (χ4v) is 2.39. The number of carbonyl (C=O) groups excluding carboxylic acids is 1. The molecule has 25 heavy (non-hydrogen) atoms. The number of hydrogen-bond donors (Lipinski definition) is 1. The topological polar surface area (TPSA) is 84.7 Å². The lowest BCUT2D eigenvalue weighted by atomic mass is 10.1. The average Bonchev–Trinajstić information content (AvgIpc) is 2.57. The van der Waals surface area contributed by atoms with Crippen LogP contribution in [0.5, 0.6) is 5.75 Å². The van der Waals surface area contributed by atoms with Crippen LogP contribution in [0.4, 0.5) is 11.4 Å². The number of carbonyl (C=O) groups is 1. The van der Waals surface area contributed by atoms with Gasteiger partial charge in [0.1, 0.15) is 11.4 Å². The van der Waals surface area contributed by atoms with Gasteiger partial charge < -0.3 is 10.1 Å². The Kier molecular flexibility index (Phi) is 6.08. The molecule has 132 valence electrons. The highest BCUT2D eigenvalue weighted by atomic mass is 16.6. The molecule has 0 aliphatic heterocycles. The van der Waals surface area contributed by atoms with Gasteiger partial charge in [0.2, 0.25) is 5.91 Å². The zero-order valence-corrected chi connectivity index (χ0v) is 14.5. The van der Waals surface area contributed by atoms with Crippen LogP contribution in [-0.2, 0) is 11.3 Å². The zero-order valence-electron chi connectivity index (χ0n) is 14.5. The number of aryl methyl sites for hydroxylation is 1. The molecule has 0 atom stereocenters. The van der Waals surface area contributed by atoms with Gasteiger partial charge in [-0.25, -0.2) is 0 Å². The summed E-state index contributed by atoms with van der Waals surface area (Å²) in [6, 6.07) is 12.4. The van der Waals surface area contributed by atoms with Crippen LogP contribution in [-0.4, -0.2) is 36.4 Å². The number of hydrogen-bond acceptors (Lipinski definition) is 5. The van der Waals surface area contributed by atoms with Gasteiger partial charge in [0.05, 0.1) is 24.6 Å². The third-order valence-electron chi connectivity index (χ3n) is 3.66. The van der Waals surface area contributed by atoms with Crippen molar-refractivity contribution in [2.24, 2.45) is 0 Å². The Labute approximate surface area is 146 Å². The number of ether oxygens (including phenoxy) is 1. The van der Waals surface area contributed by atoms with Gasteiger partial charge in [0.25, 0.3) is 5.69 Å². The zero-order chi connectivity index (χ0) is 18.4. The maximum Gasteiger partial charge on any atom is 0.296 e. The Bertz CT molecular complexity index is 759. The summed E-state index contributed by atoms with van der Waals surface area (Å²) in [7, 11) is 3.25. The van der Waals surface area contributed by atoms with Crippen LogP contribution in [0.1, 0.15) is 11.1 Å². The van der Waals surface area contributed by atoms with Crippen molar-refractivity contribution in [2.45, 2.75) is 13.5 Å². The summed E-state index contributed by atoms with van der Waals surface area (Å²) < 4.78 is 4.98. The molecule has 7 heteroatoms. The minimum Gasteiger partial charge on any atom is -0.496 e. The van der Waals surface area contributed by atoms with Crippen LogP contribution in [0.15, 0.2) is 42.5 Å². The number of nitrogens with zero attached hydrogens (tertiary/aromatic N) is 2. The number of likely N-dealkylation sites (N-methyl/N-ethyl adjacent to an activating group) is 1. The molecule has 1 N–H and O–H groups in total. The summed E-state index contributed by atoms with van der Waals surface area (Å²) in [6.45, 7) is 2.75. The first-order chi connectivity index (χ1) is 11.9. The van der Waals surface area contributed by atoms with E-state index in [9.17, 15) is 14.9 Å². The van der Waals surface area contributed by atoms with E-state index in [2.05, 4.69) is 5.32 Å². The molecule has 7 nitrogen and oxygen atoms in total. The van der Waals surface area contributed by atoms with Crippen LogP contribution in [0.3, 0.4) is 0 Å². The fourth-order valence-electron chi connectivity index (χ4n) is 2.39. The maximum atomic E-state index is 12.2. The maximum absolute atomic E-state index is 12.2. The molecule has 0 unspecified atom stereocenters. The van der Waals surface area contributed by atoms with E-state index in [1.807, 2.05) is 43.1 Å². The Morgan fingerprint density at radius 1 is 1.24 bits per heavy atom. The highest BCUT2D eigenvalue weighted by Crippen LogP contribution is 2.28. The van der Waals surface area contributed by atoms with Crippen molar-refractivity contribution in [2.75, 3.05) is 26.0 Å². The Hall–Kier alpha value is -2.93. The van der Waals surface area contributed by atoms with Crippen LogP contribution in [0.25, 0.3) is 0 Å². The predicted molar refractivity (Wildman–Crippen MR) is 95.8 cm³/mol. The summed E-state index contributed by atoms with van der Waals surface area (Å²) in [5.74, 6) is 0.0454. The summed E-state index contributed by atoms with van der Waals surface area (Å²) >= 11 is 0. The Morgan fingerprint density at radius 2 is 1.92 bits per heavy atom. The van der Waals surface area contributed by atoms with Crippen molar-refractivity contribution in [3.63, 3.8) is 0 Å². The molecule has 0 radical (unpaired) electrons. The molecule has 2 aromatic carbocycles. The first-order valence-electron chi connectivity index (χ1n) is 7.75. The van der Waals surface area contributed by atoms with E-state index >= 15 is 0 Å². The van der Waals surface area contributed by atoms with E-state index in [0.29, 0.717) is 12.3 Å². The number of rotatable bonds is 7. The van der Waals surface area contributed by atoms with Crippen molar-refractivity contribution < 1.29 is 14.5 Å². The van der Waals surface area contributed by atoms with E-state index in [4.69, 9.17) is 4.74 Å². The van der Waals surface area contributed by atoms with Crippen molar-refractivity contribution in [1.82, 2.24) is 4.90 Å². The second kappa shape index (κ2) is 8.25. The number of anilines is 1. The first-order valence-corrected chi connectivity index (χ1v) is 7.75. The minimum atomic E-state index is -0.547. The van der Waals surface area contributed by atoms with Crippen LogP contribution < -0.4 is 10.1 Å². The van der Waals surface area contributed by atoms with Gasteiger partial charge in [-0.2, -0.15) is 0 Å². The molecule has 0 aliphatic rings. The number of nitro groups is 1. The fraction of sp³-hybridized carbons (Fsp3) is 0.278. The molecule has 1 amide bonds. The molecule has 0 aromatic heterocycles. The number of nitrogens with one attached hydrogen (secondary N) is 1. The van der Waals surface area contributed by atoms with Crippen molar-refractivity contribution in [1.29, 1.82) is 0 Å². The lowest BCUT2D eigenvalue weighted by Gasteiger charge is -2.16. The van der Waals surface area contributed by atoms with Crippen LogP contribution in [0.2, 0.25) is 0 Å². The molecular formula is C18H21N3O4. The highest BCUT2D eigenvalue weighted by molar-refractivity contribution is 5.94. The highest BCUT2D eigenvalue weighted by Gasteiger charge is 2.18. The summed E-state index contributed by atoms with van der Waals surface area (Å²) in [5, 5.41) is 13.7. The molecule has 2 aromatic rings. The molecular weight excluding hydrogens is 322 g/mol. The number of amides is 1. The van der Waals surface area contributed by atoms with E-state index in [0.717, 1.165) is 5.56 Å². The summed E-state index contributed by atoms with van der Waals surface area (Å²) in [6.07, 6.45) is 0. The average molecular weight is 343 g/mol. The third kappa shape index (κ3) is 5.29. The minimum absolute atomic E-state index is 0.122. The quantitative estimate of drug-likeness (QED) is 0.617. The molecule has 0 saturated carbocycles. The van der Waals surface area contributed by atoms with E-state index in [1.165, 1.54) is 24.8 Å². The monoisotopic (exact) mass is 343 g/mol. The summed E-state index contributed by atoms with van der Waals surface area (Å²) in [4.78, 5) is 24.6. The Morgan fingerprint density at radius 3 is 2.52 bits per heavy atom. The van der Waals surface area contributed by atoms with Gasteiger partial charge in [-0.05, 0) is 31.7 Å². The molecule has 2 rings (SSSR count). The lowest BCUT2D eigenvalue weighted by molar-refractivity contribution is -0.384. The summed E-state index contributed by atoms with van der Waals surface area (Å²) in [5.41, 5.74) is 2.22. The largest absolute Gasteiger partial charge is 0.496 e. The van der Waals surface area contributed by atoms with Crippen molar-refractivity contribution in [3.8, 4) is 5.75 Å². The second-order valence-corrected chi connectivity index (χ2v) is 5.85. The number of benzene rings is 2. The normalized spacial score (nSPS) is 10.6. The third-order valence-corrected chi connectivity index (χ3v) is 3.66. The van der Waals surface area contributed by atoms with Crippen molar-refractivity contribution >= 4 is 17.3 Å². The molecule has 0 aliphatic carbocycles. The van der Waals surface area contributed by atoms with Crippen molar-refractivity contribution in [3.05, 3.63) is 63.7 Å². The van der Waals surface area contributed by atoms with Gasteiger partial charge in [-0.3, -0.25) is 19.8 Å². The van der Waals surface area contributed by atoms with E-state index in [1.54, 1.807) is 6.07 Å². The van der Waals surface area contributed by atoms with Gasteiger partial charge in [-0.15, -0.1) is 0 Å².